The number of furan rings is 1. The van der Waals surface area contributed by atoms with Crippen LogP contribution in [0.4, 0.5) is 0 Å². The molecule has 0 bridgehead atoms. The molecule has 2 rings (SSSR count). The first-order chi connectivity index (χ1) is 8.70. The Labute approximate surface area is 106 Å². The molecular formula is C14H18N2O2. The third kappa shape index (κ3) is 2.90. The lowest BCUT2D eigenvalue weighted by Crippen LogP contribution is -2.35. The zero-order chi connectivity index (χ0) is 13.0. The van der Waals surface area contributed by atoms with Gasteiger partial charge in [-0.2, -0.15) is 0 Å². The third-order valence-corrected chi connectivity index (χ3v) is 2.78. The second kappa shape index (κ2) is 5.69. The van der Waals surface area contributed by atoms with Gasteiger partial charge in [-0.1, -0.05) is 25.1 Å². The van der Waals surface area contributed by atoms with Crippen molar-refractivity contribution in [3.63, 3.8) is 0 Å². The number of hydrogen-bond donors (Lipinski definition) is 2. The molecule has 0 spiro atoms. The van der Waals surface area contributed by atoms with Crippen LogP contribution in [0.2, 0.25) is 0 Å². The van der Waals surface area contributed by atoms with E-state index in [4.69, 9.17) is 4.42 Å². The fourth-order valence-electron chi connectivity index (χ4n) is 1.82. The van der Waals surface area contributed by atoms with Crippen molar-refractivity contribution in [1.29, 1.82) is 0 Å². The van der Waals surface area contributed by atoms with E-state index < -0.39 is 0 Å². The van der Waals surface area contributed by atoms with E-state index in [1.807, 2.05) is 44.2 Å². The summed E-state index contributed by atoms with van der Waals surface area (Å²) >= 11 is 0. The fraction of sp³-hybridized carbons (Fsp3) is 0.357. The number of para-hydroxylation sites is 1. The Morgan fingerprint density at radius 3 is 2.89 bits per heavy atom. The molecule has 0 aliphatic rings. The van der Waals surface area contributed by atoms with Crippen molar-refractivity contribution < 1.29 is 9.21 Å². The van der Waals surface area contributed by atoms with Crippen LogP contribution in [0, 0.1) is 0 Å². The fourth-order valence-corrected chi connectivity index (χ4v) is 1.82. The second-order valence-corrected chi connectivity index (χ2v) is 4.26. The van der Waals surface area contributed by atoms with Crippen molar-refractivity contribution >= 4 is 16.9 Å². The summed E-state index contributed by atoms with van der Waals surface area (Å²) in [6.45, 7) is 5.00. The predicted octanol–water partition coefficient (Wildman–Crippen LogP) is 2.22. The van der Waals surface area contributed by atoms with E-state index in [-0.39, 0.29) is 11.9 Å². The Kier molecular flexibility index (Phi) is 3.99. The molecule has 0 fully saturated rings. The van der Waals surface area contributed by atoms with Crippen molar-refractivity contribution in [3.05, 3.63) is 36.1 Å². The number of likely N-dealkylation sites (N-methyl/N-ethyl adjacent to an activating group) is 1. The van der Waals surface area contributed by atoms with Gasteiger partial charge in [-0.15, -0.1) is 0 Å². The average Bonchev–Trinajstić information content (AvgIpc) is 2.80. The number of carbonyl (C=O) groups is 1. The lowest BCUT2D eigenvalue weighted by Gasteiger charge is -2.11. The summed E-state index contributed by atoms with van der Waals surface area (Å²) in [4.78, 5) is 11.6. The van der Waals surface area contributed by atoms with Gasteiger partial charge in [0.05, 0.1) is 12.6 Å². The van der Waals surface area contributed by atoms with Gasteiger partial charge in [0.25, 0.3) is 0 Å². The summed E-state index contributed by atoms with van der Waals surface area (Å²) in [6.07, 6.45) is 0. The molecule has 0 saturated carbocycles. The van der Waals surface area contributed by atoms with E-state index in [1.54, 1.807) is 0 Å². The molecule has 1 atom stereocenters. The lowest BCUT2D eigenvalue weighted by molar-refractivity contribution is -0.121. The number of nitrogens with one attached hydrogen (secondary N) is 2. The van der Waals surface area contributed by atoms with Crippen LogP contribution < -0.4 is 10.6 Å². The molecule has 1 heterocycles. The van der Waals surface area contributed by atoms with Gasteiger partial charge in [0.1, 0.15) is 11.3 Å². The summed E-state index contributed by atoms with van der Waals surface area (Å²) in [7, 11) is 0. The summed E-state index contributed by atoms with van der Waals surface area (Å²) in [5.41, 5.74) is 0.847. The summed E-state index contributed by atoms with van der Waals surface area (Å²) < 4.78 is 5.70. The largest absolute Gasteiger partial charge is 0.459 e. The van der Waals surface area contributed by atoms with Crippen LogP contribution in [-0.2, 0) is 4.79 Å². The molecule has 2 aromatic rings. The maximum atomic E-state index is 11.6. The van der Waals surface area contributed by atoms with E-state index in [0.717, 1.165) is 23.3 Å². The summed E-state index contributed by atoms with van der Waals surface area (Å²) in [5.74, 6) is 0.755. The average molecular weight is 246 g/mol. The zero-order valence-corrected chi connectivity index (χ0v) is 10.7. The number of hydrogen-bond acceptors (Lipinski definition) is 3. The van der Waals surface area contributed by atoms with Crippen LogP contribution >= 0.6 is 0 Å². The first-order valence-corrected chi connectivity index (χ1v) is 6.19. The van der Waals surface area contributed by atoms with Crippen molar-refractivity contribution in [2.45, 2.75) is 19.9 Å². The predicted molar refractivity (Wildman–Crippen MR) is 71.3 cm³/mol. The number of benzene rings is 1. The third-order valence-electron chi connectivity index (χ3n) is 2.78. The Morgan fingerprint density at radius 2 is 2.17 bits per heavy atom. The van der Waals surface area contributed by atoms with Gasteiger partial charge in [0, 0.05) is 5.39 Å². The number of fused-ring (bicyclic) bond motifs is 1. The maximum absolute atomic E-state index is 11.6. The van der Waals surface area contributed by atoms with Crippen LogP contribution in [0.5, 0.6) is 0 Å². The molecule has 0 saturated heterocycles. The molecule has 4 nitrogen and oxygen atoms in total. The second-order valence-electron chi connectivity index (χ2n) is 4.26. The standard InChI is InChI=1S/C14H18N2O2/c1-3-15-9-14(17)16-10(2)13-8-11-6-4-5-7-12(11)18-13/h4-8,10,15H,3,9H2,1-2H3,(H,16,17). The van der Waals surface area contributed by atoms with Crippen LogP contribution in [0.1, 0.15) is 25.6 Å². The minimum Gasteiger partial charge on any atom is -0.459 e. The van der Waals surface area contributed by atoms with E-state index in [9.17, 15) is 4.79 Å². The van der Waals surface area contributed by atoms with E-state index >= 15 is 0 Å². The monoisotopic (exact) mass is 246 g/mol. The number of carbonyl (C=O) groups excluding carboxylic acids is 1. The van der Waals surface area contributed by atoms with Gasteiger partial charge in [0.2, 0.25) is 5.91 Å². The number of amides is 1. The molecule has 96 valence electrons. The summed E-state index contributed by atoms with van der Waals surface area (Å²) in [5, 5.41) is 6.94. The molecule has 18 heavy (non-hydrogen) atoms. The topological polar surface area (TPSA) is 54.3 Å². The molecule has 1 aromatic carbocycles. The van der Waals surface area contributed by atoms with Crippen LogP contribution in [0.3, 0.4) is 0 Å². The van der Waals surface area contributed by atoms with Gasteiger partial charge in [-0.3, -0.25) is 4.79 Å². The molecule has 0 radical (unpaired) electrons. The molecular weight excluding hydrogens is 228 g/mol. The van der Waals surface area contributed by atoms with E-state index in [2.05, 4.69) is 10.6 Å². The molecule has 4 heteroatoms. The van der Waals surface area contributed by atoms with Crippen molar-refractivity contribution in [3.8, 4) is 0 Å². The van der Waals surface area contributed by atoms with Crippen molar-refractivity contribution in [2.24, 2.45) is 0 Å². The Balaban J connectivity index is 2.04. The first-order valence-electron chi connectivity index (χ1n) is 6.19. The maximum Gasteiger partial charge on any atom is 0.234 e. The highest BCUT2D eigenvalue weighted by Crippen LogP contribution is 2.23. The molecule has 2 N–H and O–H groups in total. The minimum atomic E-state index is -0.122. The number of rotatable bonds is 5. The quantitative estimate of drug-likeness (QED) is 0.850. The molecule has 1 amide bonds. The van der Waals surface area contributed by atoms with Gasteiger partial charge < -0.3 is 15.1 Å². The van der Waals surface area contributed by atoms with Crippen LogP contribution in [0.25, 0.3) is 11.0 Å². The Bertz CT molecular complexity index is 500. The molecule has 0 aliphatic heterocycles. The minimum absolute atomic E-state index is 0.0233. The normalized spacial score (nSPS) is 12.6. The Morgan fingerprint density at radius 1 is 1.39 bits per heavy atom. The highest BCUT2D eigenvalue weighted by Gasteiger charge is 2.13. The van der Waals surface area contributed by atoms with Crippen molar-refractivity contribution in [2.75, 3.05) is 13.1 Å². The van der Waals surface area contributed by atoms with Gasteiger partial charge in [0.15, 0.2) is 0 Å². The highest BCUT2D eigenvalue weighted by molar-refractivity contribution is 5.80. The van der Waals surface area contributed by atoms with Crippen molar-refractivity contribution in [1.82, 2.24) is 10.6 Å². The molecule has 1 unspecified atom stereocenters. The van der Waals surface area contributed by atoms with Gasteiger partial charge in [-0.05, 0) is 25.6 Å². The lowest BCUT2D eigenvalue weighted by atomic mass is 10.2. The van der Waals surface area contributed by atoms with Crippen LogP contribution in [-0.4, -0.2) is 19.0 Å². The van der Waals surface area contributed by atoms with Gasteiger partial charge >= 0.3 is 0 Å². The van der Waals surface area contributed by atoms with E-state index in [1.165, 1.54) is 0 Å². The molecule has 1 aromatic heterocycles. The first kappa shape index (κ1) is 12.6. The van der Waals surface area contributed by atoms with Crippen LogP contribution in [0.15, 0.2) is 34.7 Å². The summed E-state index contributed by atoms with van der Waals surface area (Å²) in [6, 6.07) is 9.67. The SMILES string of the molecule is CCNCC(=O)NC(C)c1cc2ccccc2o1. The Hall–Kier alpha value is -1.81. The zero-order valence-electron chi connectivity index (χ0n) is 10.7. The smallest absolute Gasteiger partial charge is 0.234 e. The van der Waals surface area contributed by atoms with E-state index in [0.29, 0.717) is 6.54 Å². The molecule has 0 aliphatic carbocycles. The van der Waals surface area contributed by atoms with Gasteiger partial charge in [-0.25, -0.2) is 0 Å². The highest BCUT2D eigenvalue weighted by atomic mass is 16.3.